The molecule has 0 radical (unpaired) electrons. The molecule has 0 aliphatic rings. The van der Waals surface area contributed by atoms with Crippen molar-refractivity contribution < 1.29 is 9.47 Å². The van der Waals surface area contributed by atoms with E-state index >= 15 is 0 Å². The van der Waals surface area contributed by atoms with Gasteiger partial charge in [-0.15, -0.1) is 15.3 Å². The minimum Gasteiger partial charge on any atom is -0.385 e. The number of anilines is 4. The van der Waals surface area contributed by atoms with Gasteiger partial charge in [-0.2, -0.15) is 15.2 Å². The van der Waals surface area contributed by atoms with Crippen LogP contribution >= 0.6 is 11.3 Å². The molecule has 2 N–H and O–H groups in total. The Morgan fingerprint density at radius 2 is 1.66 bits per heavy atom. The van der Waals surface area contributed by atoms with Crippen LogP contribution in [0.4, 0.5) is 34.8 Å². The number of aromatic nitrogens is 5. The number of rotatable bonds is 15. The number of nitriles is 1. The van der Waals surface area contributed by atoms with E-state index in [4.69, 9.17) is 19.4 Å². The van der Waals surface area contributed by atoms with E-state index in [1.165, 1.54) is 16.9 Å². The maximum absolute atomic E-state index is 9.97. The van der Waals surface area contributed by atoms with Gasteiger partial charge in [0, 0.05) is 53.3 Å². The highest BCUT2D eigenvalue weighted by molar-refractivity contribution is 7.20. The zero-order chi connectivity index (χ0) is 33.3. The summed E-state index contributed by atoms with van der Waals surface area (Å²) in [5, 5.41) is 31.1. The average Bonchev–Trinajstić information content (AvgIpc) is 3.68. The monoisotopic (exact) mass is 653 g/mol. The topological polar surface area (TPSA) is 151 Å². The van der Waals surface area contributed by atoms with E-state index in [0.717, 1.165) is 39.9 Å². The van der Waals surface area contributed by atoms with Crippen molar-refractivity contribution in [2.24, 2.45) is 10.2 Å². The number of nitrogens with one attached hydrogen (secondary N) is 2. The summed E-state index contributed by atoms with van der Waals surface area (Å²) in [7, 11) is 5.31. The first-order valence-corrected chi connectivity index (χ1v) is 16.1. The molecule has 0 saturated heterocycles. The van der Waals surface area contributed by atoms with Gasteiger partial charge in [0.2, 0.25) is 16.9 Å². The predicted molar refractivity (Wildman–Crippen MR) is 186 cm³/mol. The molecule has 5 aromatic rings. The molecule has 14 heteroatoms. The van der Waals surface area contributed by atoms with Crippen LogP contribution in [0.15, 0.2) is 52.8 Å². The molecule has 244 valence electrons. The highest BCUT2D eigenvalue weighted by Crippen LogP contribution is 2.40. The fraction of sp³-hybridized carbons (Fsp3) is 0.364. The van der Waals surface area contributed by atoms with E-state index in [0.29, 0.717) is 54.7 Å². The minimum atomic E-state index is 0.162. The second-order valence-corrected chi connectivity index (χ2v) is 12.0. The Kier molecular flexibility index (Phi) is 11.0. The van der Waals surface area contributed by atoms with Crippen LogP contribution in [0.3, 0.4) is 0 Å². The first kappa shape index (κ1) is 33.4. The highest BCUT2D eigenvalue weighted by atomic mass is 32.1. The normalized spacial score (nSPS) is 11.3. The van der Waals surface area contributed by atoms with Crippen LogP contribution in [0.1, 0.15) is 35.1 Å². The number of para-hydroxylation sites is 1. The molecule has 0 saturated carbocycles. The number of fused-ring (bicyclic) bond motifs is 1. The van der Waals surface area contributed by atoms with Gasteiger partial charge in [-0.05, 0) is 56.9 Å². The van der Waals surface area contributed by atoms with Crippen molar-refractivity contribution in [3.63, 3.8) is 0 Å². The van der Waals surface area contributed by atoms with E-state index in [2.05, 4.69) is 69.9 Å². The maximum atomic E-state index is 9.97. The van der Waals surface area contributed by atoms with Crippen LogP contribution in [0, 0.1) is 32.1 Å². The van der Waals surface area contributed by atoms with Crippen LogP contribution in [-0.4, -0.2) is 72.3 Å². The number of ether oxygens (including phenoxy) is 2. The zero-order valence-electron chi connectivity index (χ0n) is 27.5. The molecule has 2 aromatic carbocycles. The van der Waals surface area contributed by atoms with Crippen LogP contribution < -0.4 is 15.5 Å². The number of hydrogen-bond acceptors (Lipinski definition) is 13. The Morgan fingerprint density at radius 1 is 0.957 bits per heavy atom. The van der Waals surface area contributed by atoms with Crippen LogP contribution in [0.25, 0.3) is 15.3 Å². The highest BCUT2D eigenvalue weighted by Gasteiger charge is 2.22. The van der Waals surface area contributed by atoms with Gasteiger partial charge >= 0.3 is 0 Å². The summed E-state index contributed by atoms with van der Waals surface area (Å²) in [6.07, 6.45) is 3.15. The molecule has 0 aliphatic heterocycles. The molecule has 3 heterocycles. The molecule has 47 heavy (non-hydrogen) atoms. The fourth-order valence-electron chi connectivity index (χ4n) is 5.29. The lowest BCUT2D eigenvalue weighted by Crippen LogP contribution is -2.18. The standard InChI is InChI=1S/C33H39N11O2S/c1-21-17-22(2)28(23(3)18-21)43(4)31-27(30(35-13-9-15-45-5)38-32(39-31)36-14-10-16-46-6)40-41-29-24(19-34)20-44(42-29)33-37-25-11-7-8-12-26(25)47-33/h7-8,11-12,17-18,20H,9-10,13-16H2,1-6H3,(H2,35,36,38,39). The predicted octanol–water partition coefficient (Wildman–Crippen LogP) is 7.15. The summed E-state index contributed by atoms with van der Waals surface area (Å²) in [6.45, 7) is 8.64. The van der Waals surface area contributed by atoms with Gasteiger partial charge in [0.1, 0.15) is 11.6 Å². The second kappa shape index (κ2) is 15.5. The Balaban J connectivity index is 1.60. The first-order chi connectivity index (χ1) is 22.8. The second-order valence-electron chi connectivity index (χ2n) is 11.0. The molecule has 5 rings (SSSR count). The largest absolute Gasteiger partial charge is 0.385 e. The molecule has 0 fully saturated rings. The Labute approximate surface area is 278 Å². The lowest BCUT2D eigenvalue weighted by molar-refractivity contribution is 0.197. The third kappa shape index (κ3) is 7.89. The molecule has 0 amide bonds. The van der Waals surface area contributed by atoms with Crippen LogP contribution in [-0.2, 0) is 9.47 Å². The van der Waals surface area contributed by atoms with Gasteiger partial charge in [0.05, 0.1) is 16.4 Å². The number of aryl methyl sites for hydroxylation is 3. The van der Waals surface area contributed by atoms with Crippen molar-refractivity contribution in [1.82, 2.24) is 24.7 Å². The lowest BCUT2D eigenvalue weighted by atomic mass is 10.0. The van der Waals surface area contributed by atoms with E-state index in [1.54, 1.807) is 25.1 Å². The number of methoxy groups -OCH3 is 2. The minimum absolute atomic E-state index is 0.162. The van der Waals surface area contributed by atoms with Gasteiger partial charge in [0.15, 0.2) is 17.3 Å². The molecular formula is C33H39N11O2S. The lowest BCUT2D eigenvalue weighted by Gasteiger charge is -2.25. The third-order valence-corrected chi connectivity index (χ3v) is 8.34. The van der Waals surface area contributed by atoms with Gasteiger partial charge in [-0.3, -0.25) is 0 Å². The number of nitrogens with zero attached hydrogens (tertiary/aromatic N) is 9. The van der Waals surface area contributed by atoms with Crippen molar-refractivity contribution in [3.05, 3.63) is 64.8 Å². The van der Waals surface area contributed by atoms with Crippen LogP contribution in [0.5, 0.6) is 0 Å². The summed E-state index contributed by atoms with van der Waals surface area (Å²) in [5.41, 5.74) is 5.89. The molecule has 0 spiro atoms. The summed E-state index contributed by atoms with van der Waals surface area (Å²) in [5.74, 6) is 1.63. The quantitative estimate of drug-likeness (QED) is 0.0880. The number of thiazole rings is 1. The summed E-state index contributed by atoms with van der Waals surface area (Å²) >= 11 is 1.48. The number of azo groups is 1. The van der Waals surface area contributed by atoms with Crippen molar-refractivity contribution in [2.45, 2.75) is 33.6 Å². The van der Waals surface area contributed by atoms with E-state index < -0.39 is 0 Å². The summed E-state index contributed by atoms with van der Waals surface area (Å²) < 4.78 is 13.1. The fourth-order valence-corrected chi connectivity index (χ4v) is 6.18. The van der Waals surface area contributed by atoms with E-state index in [9.17, 15) is 5.26 Å². The molecular weight excluding hydrogens is 615 g/mol. The molecule has 0 atom stereocenters. The SMILES string of the molecule is COCCCNc1nc(NCCCOC)c(N=Nc2nn(-c3nc4ccccc4s3)cc2C#N)c(N(C)c2c(C)cc(C)cc2C)n1. The zero-order valence-corrected chi connectivity index (χ0v) is 28.4. The molecule has 3 aromatic heterocycles. The Hall–Kier alpha value is -4.97. The first-order valence-electron chi connectivity index (χ1n) is 15.3. The molecule has 0 bridgehead atoms. The van der Waals surface area contributed by atoms with E-state index in [-0.39, 0.29) is 11.4 Å². The van der Waals surface area contributed by atoms with Crippen LogP contribution in [0.2, 0.25) is 0 Å². The summed E-state index contributed by atoms with van der Waals surface area (Å²) in [4.78, 5) is 16.4. The number of benzene rings is 2. The summed E-state index contributed by atoms with van der Waals surface area (Å²) in [6, 6.07) is 14.3. The van der Waals surface area contributed by atoms with Gasteiger partial charge in [0.25, 0.3) is 0 Å². The van der Waals surface area contributed by atoms with Gasteiger partial charge in [-0.25, -0.2) is 9.67 Å². The van der Waals surface area contributed by atoms with Crippen molar-refractivity contribution in [1.29, 1.82) is 5.26 Å². The Bertz CT molecular complexity index is 1850. The molecule has 0 aliphatic carbocycles. The third-order valence-electron chi connectivity index (χ3n) is 7.32. The molecule has 13 nitrogen and oxygen atoms in total. The van der Waals surface area contributed by atoms with Crippen molar-refractivity contribution >= 4 is 56.3 Å². The van der Waals surface area contributed by atoms with Crippen molar-refractivity contribution in [3.8, 4) is 11.2 Å². The van der Waals surface area contributed by atoms with Crippen molar-refractivity contribution in [2.75, 3.05) is 63.1 Å². The smallest absolute Gasteiger partial charge is 0.226 e. The van der Waals surface area contributed by atoms with Gasteiger partial charge < -0.3 is 25.0 Å². The van der Waals surface area contributed by atoms with Gasteiger partial charge in [-0.1, -0.05) is 41.2 Å². The maximum Gasteiger partial charge on any atom is 0.226 e. The average molecular weight is 654 g/mol. The number of hydrogen-bond donors (Lipinski definition) is 2. The Morgan fingerprint density at radius 3 is 2.34 bits per heavy atom. The van der Waals surface area contributed by atoms with E-state index in [1.807, 2.05) is 36.2 Å². The molecule has 0 unspecified atom stereocenters.